The number of hydrogen-bond acceptors (Lipinski definition) is 5. The first-order chi connectivity index (χ1) is 11.1. The monoisotopic (exact) mass is 331 g/mol. The third-order valence-electron chi connectivity index (χ3n) is 3.74. The molecule has 1 aromatic heterocycles. The lowest BCUT2D eigenvalue weighted by Gasteiger charge is -2.26. The molecule has 120 valence electrons. The van der Waals surface area contributed by atoms with Crippen molar-refractivity contribution in [1.29, 1.82) is 0 Å². The Hall–Kier alpha value is -2.38. The minimum atomic E-state index is -0.538. The zero-order chi connectivity index (χ0) is 16.4. The van der Waals surface area contributed by atoms with Gasteiger partial charge in [0.25, 0.3) is 11.8 Å². The number of nitrogens with zero attached hydrogens (tertiary/aromatic N) is 1. The van der Waals surface area contributed by atoms with Crippen molar-refractivity contribution >= 4 is 28.2 Å². The summed E-state index contributed by atoms with van der Waals surface area (Å²) >= 11 is 1.30. The predicted molar refractivity (Wildman–Crippen MR) is 89.4 cm³/mol. The highest BCUT2D eigenvalue weighted by molar-refractivity contribution is 7.19. The third kappa shape index (κ3) is 3.20. The van der Waals surface area contributed by atoms with Gasteiger partial charge in [0.05, 0.1) is 23.8 Å². The molecule has 6 nitrogen and oxygen atoms in total. The van der Waals surface area contributed by atoms with Crippen LogP contribution in [-0.4, -0.2) is 43.0 Å². The van der Waals surface area contributed by atoms with E-state index < -0.39 is 5.91 Å². The van der Waals surface area contributed by atoms with E-state index in [1.165, 1.54) is 11.3 Å². The van der Waals surface area contributed by atoms with Gasteiger partial charge in [0, 0.05) is 23.5 Å². The first-order valence-electron chi connectivity index (χ1n) is 7.23. The molecule has 0 unspecified atom stereocenters. The Morgan fingerprint density at radius 1 is 1.13 bits per heavy atom. The quantitative estimate of drug-likeness (QED) is 0.892. The molecule has 0 spiro atoms. The highest BCUT2D eigenvalue weighted by Gasteiger charge is 2.18. The summed E-state index contributed by atoms with van der Waals surface area (Å²) in [5.41, 5.74) is 12.9. The Labute approximate surface area is 137 Å². The summed E-state index contributed by atoms with van der Waals surface area (Å²) in [4.78, 5) is 26.3. The summed E-state index contributed by atoms with van der Waals surface area (Å²) in [6.45, 7) is 2.39. The maximum absolute atomic E-state index is 12.4. The van der Waals surface area contributed by atoms with Crippen molar-refractivity contribution in [1.82, 2.24) is 4.90 Å². The van der Waals surface area contributed by atoms with Crippen LogP contribution in [0.25, 0.3) is 10.4 Å². The lowest BCUT2D eigenvalue weighted by Crippen LogP contribution is -2.40. The number of ether oxygens (including phenoxy) is 1. The molecule has 4 N–H and O–H groups in total. The number of thiophene rings is 1. The second-order valence-electron chi connectivity index (χ2n) is 5.23. The summed E-state index contributed by atoms with van der Waals surface area (Å²) in [7, 11) is 0. The molecule has 2 heterocycles. The van der Waals surface area contributed by atoms with Gasteiger partial charge in [0.1, 0.15) is 0 Å². The van der Waals surface area contributed by atoms with E-state index in [1.54, 1.807) is 23.1 Å². The molecular formula is C16H17N3O3S. The number of primary amides is 1. The summed E-state index contributed by atoms with van der Waals surface area (Å²) in [5.74, 6) is -0.535. The van der Waals surface area contributed by atoms with Gasteiger partial charge in [0.15, 0.2) is 0 Å². The van der Waals surface area contributed by atoms with Gasteiger partial charge in [-0.25, -0.2) is 0 Å². The smallest absolute Gasteiger partial charge is 0.254 e. The van der Waals surface area contributed by atoms with E-state index in [1.807, 2.05) is 12.1 Å². The average molecular weight is 331 g/mol. The molecule has 0 aliphatic carbocycles. The van der Waals surface area contributed by atoms with Crippen molar-refractivity contribution < 1.29 is 14.3 Å². The molecule has 0 radical (unpaired) electrons. The number of morpholine rings is 1. The van der Waals surface area contributed by atoms with Gasteiger partial charge in [-0.05, 0) is 23.8 Å². The third-order valence-corrected chi connectivity index (χ3v) is 4.75. The highest BCUT2D eigenvalue weighted by Crippen LogP contribution is 2.33. The number of hydrogen-bond donors (Lipinski definition) is 2. The number of carbonyl (C=O) groups excluding carboxylic acids is 2. The van der Waals surface area contributed by atoms with Crippen LogP contribution in [0.4, 0.5) is 5.00 Å². The Kier molecular flexibility index (Phi) is 4.31. The fourth-order valence-electron chi connectivity index (χ4n) is 2.47. The van der Waals surface area contributed by atoms with Crippen molar-refractivity contribution in [3.05, 3.63) is 41.5 Å². The zero-order valence-electron chi connectivity index (χ0n) is 12.5. The molecule has 2 aromatic rings. The van der Waals surface area contributed by atoms with Crippen LogP contribution in [-0.2, 0) is 4.74 Å². The fraction of sp³-hybridized carbons (Fsp3) is 0.250. The van der Waals surface area contributed by atoms with E-state index in [0.717, 1.165) is 10.4 Å². The standard InChI is InChI=1S/C16H17N3O3S/c17-14(20)12-9-13(23-15(12)18)10-1-3-11(4-2-10)16(21)19-5-7-22-8-6-19/h1-4,9H,5-8,18H2,(H2,17,20). The van der Waals surface area contributed by atoms with Gasteiger partial charge >= 0.3 is 0 Å². The maximum Gasteiger partial charge on any atom is 0.254 e. The van der Waals surface area contributed by atoms with Crippen LogP contribution >= 0.6 is 11.3 Å². The molecule has 1 aromatic carbocycles. The minimum Gasteiger partial charge on any atom is -0.390 e. The SMILES string of the molecule is NC(=O)c1cc(-c2ccc(C(=O)N3CCOCC3)cc2)sc1N. The first kappa shape index (κ1) is 15.5. The second-order valence-corrected chi connectivity index (χ2v) is 6.32. The van der Waals surface area contributed by atoms with Crippen molar-refractivity contribution in [2.24, 2.45) is 5.73 Å². The van der Waals surface area contributed by atoms with Crippen molar-refractivity contribution in [3.8, 4) is 10.4 Å². The summed E-state index contributed by atoms with van der Waals surface area (Å²) in [6.07, 6.45) is 0. The van der Waals surface area contributed by atoms with Gasteiger partial charge < -0.3 is 21.1 Å². The van der Waals surface area contributed by atoms with Gasteiger partial charge in [-0.3, -0.25) is 9.59 Å². The number of amides is 2. The van der Waals surface area contributed by atoms with E-state index in [2.05, 4.69) is 0 Å². The number of nitrogen functional groups attached to an aromatic ring is 1. The highest BCUT2D eigenvalue weighted by atomic mass is 32.1. The Balaban J connectivity index is 1.80. The fourth-order valence-corrected chi connectivity index (χ4v) is 3.40. The molecule has 1 fully saturated rings. The molecule has 1 saturated heterocycles. The lowest BCUT2D eigenvalue weighted by atomic mass is 10.1. The number of anilines is 1. The molecule has 23 heavy (non-hydrogen) atoms. The van der Waals surface area contributed by atoms with Crippen LogP contribution in [0.1, 0.15) is 20.7 Å². The molecule has 2 amide bonds. The zero-order valence-corrected chi connectivity index (χ0v) is 13.3. The van der Waals surface area contributed by atoms with E-state index in [4.69, 9.17) is 16.2 Å². The summed E-state index contributed by atoms with van der Waals surface area (Å²) < 4.78 is 5.25. The maximum atomic E-state index is 12.4. The number of benzene rings is 1. The van der Waals surface area contributed by atoms with Gasteiger partial charge in [-0.15, -0.1) is 11.3 Å². The molecule has 7 heteroatoms. The number of rotatable bonds is 3. The summed E-state index contributed by atoms with van der Waals surface area (Å²) in [5, 5.41) is 0.404. The lowest BCUT2D eigenvalue weighted by molar-refractivity contribution is 0.0303. The normalized spacial score (nSPS) is 14.7. The molecule has 3 rings (SSSR count). The molecule has 0 bridgehead atoms. The molecule has 1 aliphatic rings. The van der Waals surface area contributed by atoms with Crippen molar-refractivity contribution in [3.63, 3.8) is 0 Å². The van der Waals surface area contributed by atoms with Crippen LogP contribution in [0.15, 0.2) is 30.3 Å². The van der Waals surface area contributed by atoms with E-state index >= 15 is 0 Å². The molecular weight excluding hydrogens is 314 g/mol. The number of nitrogens with two attached hydrogens (primary N) is 2. The van der Waals surface area contributed by atoms with Gasteiger partial charge in [-0.2, -0.15) is 0 Å². The topological polar surface area (TPSA) is 98.7 Å². The molecule has 0 saturated carbocycles. The predicted octanol–water partition coefficient (Wildman–Crippen LogP) is 1.57. The largest absolute Gasteiger partial charge is 0.390 e. The van der Waals surface area contributed by atoms with Gasteiger partial charge in [0.2, 0.25) is 0 Å². The van der Waals surface area contributed by atoms with Crippen LogP contribution < -0.4 is 11.5 Å². The van der Waals surface area contributed by atoms with E-state index in [9.17, 15) is 9.59 Å². The first-order valence-corrected chi connectivity index (χ1v) is 8.04. The van der Waals surface area contributed by atoms with Crippen LogP contribution in [0.3, 0.4) is 0 Å². The van der Waals surface area contributed by atoms with Crippen LogP contribution in [0, 0.1) is 0 Å². The number of carbonyl (C=O) groups is 2. The van der Waals surface area contributed by atoms with Crippen LogP contribution in [0.5, 0.6) is 0 Å². The second kappa shape index (κ2) is 6.39. The Bertz CT molecular complexity index is 734. The minimum absolute atomic E-state index is 0.00312. The van der Waals surface area contributed by atoms with Crippen molar-refractivity contribution in [2.45, 2.75) is 0 Å². The summed E-state index contributed by atoms with van der Waals surface area (Å²) in [6, 6.07) is 8.95. The molecule has 1 aliphatic heterocycles. The van der Waals surface area contributed by atoms with Crippen molar-refractivity contribution in [2.75, 3.05) is 32.0 Å². The average Bonchev–Trinajstić information content (AvgIpc) is 2.97. The molecule has 0 atom stereocenters. The van der Waals surface area contributed by atoms with E-state index in [0.29, 0.717) is 42.4 Å². The Morgan fingerprint density at radius 3 is 2.35 bits per heavy atom. The van der Waals surface area contributed by atoms with Crippen LogP contribution in [0.2, 0.25) is 0 Å². The van der Waals surface area contributed by atoms with E-state index in [-0.39, 0.29) is 5.91 Å². The van der Waals surface area contributed by atoms with Gasteiger partial charge in [-0.1, -0.05) is 12.1 Å². The Morgan fingerprint density at radius 2 is 1.78 bits per heavy atom.